The molecule has 1 fully saturated rings. The molecule has 3 rings (SSSR count). The van der Waals surface area contributed by atoms with Gasteiger partial charge in [-0.2, -0.15) is 0 Å². The number of hydrogen-bond donors (Lipinski definition) is 2. The largest absolute Gasteiger partial charge is 0.455 e. The Hall–Kier alpha value is -3.68. The Balaban J connectivity index is 1.49. The second-order valence-electron chi connectivity index (χ2n) is 7.38. The summed E-state index contributed by atoms with van der Waals surface area (Å²) in [7, 11) is 0. The third-order valence-corrected chi connectivity index (χ3v) is 4.99. The Morgan fingerprint density at radius 1 is 1.13 bits per heavy atom. The number of para-hydroxylation sites is 1. The molecule has 1 aliphatic rings. The number of rotatable bonds is 7. The van der Waals surface area contributed by atoms with Crippen LogP contribution >= 0.6 is 0 Å². The maximum absolute atomic E-state index is 12.3. The summed E-state index contributed by atoms with van der Waals surface area (Å²) < 4.78 is 5.09. The zero-order valence-corrected chi connectivity index (χ0v) is 17.5. The lowest BCUT2D eigenvalue weighted by atomic mass is 10.1. The van der Waals surface area contributed by atoms with Crippen LogP contribution in [0.3, 0.4) is 0 Å². The van der Waals surface area contributed by atoms with Crippen molar-refractivity contribution in [3.05, 3.63) is 65.2 Å². The van der Waals surface area contributed by atoms with Gasteiger partial charge < -0.3 is 10.1 Å². The maximum Gasteiger partial charge on any atom is 0.311 e. The van der Waals surface area contributed by atoms with Gasteiger partial charge in [0.15, 0.2) is 6.61 Å². The van der Waals surface area contributed by atoms with E-state index in [2.05, 4.69) is 10.7 Å². The van der Waals surface area contributed by atoms with Crippen LogP contribution in [-0.4, -0.2) is 41.9 Å². The third-order valence-electron chi connectivity index (χ3n) is 4.99. The van der Waals surface area contributed by atoms with Crippen molar-refractivity contribution in [2.24, 2.45) is 5.92 Å². The highest BCUT2D eigenvalue weighted by Crippen LogP contribution is 2.19. The van der Waals surface area contributed by atoms with Gasteiger partial charge in [0.1, 0.15) is 0 Å². The SMILES string of the molecule is CCc1ccccc1NC(=O)COC(=O)[C@H]1CC(=O)N(NC(=O)c2cccc(C)c2)C1. The van der Waals surface area contributed by atoms with Crippen molar-refractivity contribution < 1.29 is 23.9 Å². The first-order valence-corrected chi connectivity index (χ1v) is 10.1. The molecule has 3 amide bonds. The fourth-order valence-electron chi connectivity index (χ4n) is 3.34. The molecule has 162 valence electrons. The number of amides is 3. The van der Waals surface area contributed by atoms with Crippen LogP contribution in [0.5, 0.6) is 0 Å². The Kier molecular flexibility index (Phi) is 7.02. The van der Waals surface area contributed by atoms with Crippen LogP contribution in [0.2, 0.25) is 0 Å². The van der Waals surface area contributed by atoms with E-state index in [1.807, 2.05) is 38.1 Å². The molecule has 1 heterocycles. The van der Waals surface area contributed by atoms with Crippen molar-refractivity contribution in [1.29, 1.82) is 0 Å². The molecule has 31 heavy (non-hydrogen) atoms. The van der Waals surface area contributed by atoms with Gasteiger partial charge in [-0.05, 0) is 37.1 Å². The molecule has 0 unspecified atom stereocenters. The molecule has 0 spiro atoms. The van der Waals surface area contributed by atoms with E-state index in [0.717, 1.165) is 22.6 Å². The lowest BCUT2D eigenvalue weighted by Gasteiger charge is -2.17. The van der Waals surface area contributed by atoms with Gasteiger partial charge in [-0.15, -0.1) is 0 Å². The van der Waals surface area contributed by atoms with Crippen LogP contribution < -0.4 is 10.7 Å². The molecule has 2 N–H and O–H groups in total. The first-order valence-electron chi connectivity index (χ1n) is 10.1. The Bertz CT molecular complexity index is 1000. The van der Waals surface area contributed by atoms with E-state index in [4.69, 9.17) is 4.74 Å². The number of anilines is 1. The second-order valence-corrected chi connectivity index (χ2v) is 7.38. The van der Waals surface area contributed by atoms with E-state index < -0.39 is 30.3 Å². The number of hydrogen-bond acceptors (Lipinski definition) is 5. The number of nitrogens with one attached hydrogen (secondary N) is 2. The molecule has 2 aromatic carbocycles. The van der Waals surface area contributed by atoms with Crippen LogP contribution in [0.1, 0.15) is 34.8 Å². The highest BCUT2D eigenvalue weighted by Gasteiger charge is 2.36. The molecule has 0 bridgehead atoms. The fourth-order valence-corrected chi connectivity index (χ4v) is 3.34. The zero-order valence-electron chi connectivity index (χ0n) is 17.5. The third kappa shape index (κ3) is 5.69. The molecule has 0 saturated carbocycles. The number of carbonyl (C=O) groups is 4. The molecular weight excluding hydrogens is 398 g/mol. The minimum Gasteiger partial charge on any atom is -0.455 e. The predicted molar refractivity (Wildman–Crippen MR) is 114 cm³/mol. The van der Waals surface area contributed by atoms with Crippen LogP contribution in [0.15, 0.2) is 48.5 Å². The van der Waals surface area contributed by atoms with E-state index in [-0.39, 0.29) is 18.9 Å². The summed E-state index contributed by atoms with van der Waals surface area (Å²) >= 11 is 0. The molecule has 1 atom stereocenters. The molecule has 0 radical (unpaired) electrons. The van der Waals surface area contributed by atoms with Gasteiger partial charge in [-0.3, -0.25) is 29.6 Å². The van der Waals surface area contributed by atoms with E-state index in [1.165, 1.54) is 0 Å². The first-order chi connectivity index (χ1) is 14.9. The second kappa shape index (κ2) is 9.88. The molecule has 8 nitrogen and oxygen atoms in total. The number of carbonyl (C=O) groups excluding carboxylic acids is 4. The summed E-state index contributed by atoms with van der Waals surface area (Å²) in [6, 6.07) is 14.3. The average molecular weight is 423 g/mol. The molecule has 1 aliphatic heterocycles. The lowest BCUT2D eigenvalue weighted by Crippen LogP contribution is -2.43. The van der Waals surface area contributed by atoms with E-state index >= 15 is 0 Å². The summed E-state index contributed by atoms with van der Waals surface area (Å²) in [4.78, 5) is 49.0. The summed E-state index contributed by atoms with van der Waals surface area (Å²) in [6.07, 6.45) is 0.664. The number of benzene rings is 2. The van der Waals surface area contributed by atoms with Crippen molar-refractivity contribution in [1.82, 2.24) is 10.4 Å². The summed E-state index contributed by atoms with van der Waals surface area (Å²) in [6.45, 7) is 3.39. The topological polar surface area (TPSA) is 105 Å². The fraction of sp³-hybridized carbons (Fsp3) is 0.304. The number of hydrazine groups is 1. The highest BCUT2D eigenvalue weighted by molar-refractivity contribution is 5.97. The van der Waals surface area contributed by atoms with Crippen molar-refractivity contribution in [3.63, 3.8) is 0 Å². The minimum absolute atomic E-state index is 0.00445. The number of esters is 1. The van der Waals surface area contributed by atoms with Gasteiger partial charge in [-0.25, -0.2) is 0 Å². The van der Waals surface area contributed by atoms with Crippen LogP contribution in [0.25, 0.3) is 0 Å². The molecule has 0 aromatic heterocycles. The Morgan fingerprint density at radius 3 is 2.65 bits per heavy atom. The molecule has 2 aromatic rings. The van der Waals surface area contributed by atoms with Crippen LogP contribution in [0, 0.1) is 12.8 Å². The number of nitrogens with zero attached hydrogens (tertiary/aromatic N) is 1. The summed E-state index contributed by atoms with van der Waals surface area (Å²) in [5.41, 5.74) is 5.51. The van der Waals surface area contributed by atoms with E-state index in [0.29, 0.717) is 11.3 Å². The normalized spacial score (nSPS) is 15.5. The van der Waals surface area contributed by atoms with Crippen LogP contribution in [0.4, 0.5) is 5.69 Å². The van der Waals surface area contributed by atoms with E-state index in [1.54, 1.807) is 24.3 Å². The van der Waals surface area contributed by atoms with Gasteiger partial charge in [0.25, 0.3) is 11.8 Å². The average Bonchev–Trinajstić information content (AvgIpc) is 3.12. The summed E-state index contributed by atoms with van der Waals surface area (Å²) in [5.74, 6) is -2.67. The lowest BCUT2D eigenvalue weighted by molar-refractivity contribution is -0.151. The summed E-state index contributed by atoms with van der Waals surface area (Å²) in [5, 5.41) is 3.84. The maximum atomic E-state index is 12.3. The number of aryl methyl sites for hydroxylation is 2. The van der Waals surface area contributed by atoms with Crippen molar-refractivity contribution in [2.45, 2.75) is 26.7 Å². The predicted octanol–water partition coefficient (Wildman–Crippen LogP) is 2.23. The smallest absolute Gasteiger partial charge is 0.311 e. The molecule has 1 saturated heterocycles. The van der Waals surface area contributed by atoms with Crippen molar-refractivity contribution >= 4 is 29.4 Å². The van der Waals surface area contributed by atoms with E-state index in [9.17, 15) is 19.2 Å². The minimum atomic E-state index is -0.749. The standard InChI is InChI=1S/C23H25N3O5/c1-3-16-8-4-5-10-19(16)24-20(27)14-31-23(30)18-12-21(28)26(13-18)25-22(29)17-9-6-7-15(2)11-17/h4-11,18H,3,12-14H2,1-2H3,(H,24,27)(H,25,29)/t18-/m0/s1. The van der Waals surface area contributed by atoms with Gasteiger partial charge in [0.05, 0.1) is 12.5 Å². The number of ether oxygens (including phenoxy) is 1. The Morgan fingerprint density at radius 2 is 1.90 bits per heavy atom. The van der Waals surface area contributed by atoms with Gasteiger partial charge in [-0.1, -0.05) is 42.8 Å². The van der Waals surface area contributed by atoms with Crippen molar-refractivity contribution in [3.8, 4) is 0 Å². The van der Waals surface area contributed by atoms with Gasteiger partial charge in [0, 0.05) is 17.7 Å². The quantitative estimate of drug-likeness (QED) is 0.665. The molecular formula is C23H25N3O5. The van der Waals surface area contributed by atoms with Gasteiger partial charge in [0.2, 0.25) is 5.91 Å². The van der Waals surface area contributed by atoms with Crippen molar-refractivity contribution in [2.75, 3.05) is 18.5 Å². The van der Waals surface area contributed by atoms with Gasteiger partial charge >= 0.3 is 5.97 Å². The zero-order chi connectivity index (χ0) is 22.4. The molecule has 0 aliphatic carbocycles. The molecule has 8 heteroatoms. The Labute approximate surface area is 180 Å². The monoisotopic (exact) mass is 423 g/mol. The van der Waals surface area contributed by atoms with Crippen LogP contribution in [-0.2, 0) is 25.5 Å². The highest BCUT2D eigenvalue weighted by atomic mass is 16.5. The first kappa shape index (κ1) is 22.0.